The molecule has 0 atom stereocenters. The highest BCUT2D eigenvalue weighted by Crippen LogP contribution is 2.29. The van der Waals surface area contributed by atoms with Gasteiger partial charge in [0, 0.05) is 26.3 Å². The maximum absolute atomic E-state index is 12.2. The molecule has 142 valence electrons. The van der Waals surface area contributed by atoms with Gasteiger partial charge in [0.05, 0.1) is 24.6 Å². The van der Waals surface area contributed by atoms with E-state index in [1.165, 1.54) is 0 Å². The molecule has 0 radical (unpaired) electrons. The number of hydrogen-bond donors (Lipinski definition) is 2. The van der Waals surface area contributed by atoms with E-state index in [1.807, 2.05) is 25.4 Å². The van der Waals surface area contributed by atoms with Gasteiger partial charge in [0.15, 0.2) is 0 Å². The smallest absolute Gasteiger partial charge is 0.241 e. The van der Waals surface area contributed by atoms with Crippen molar-refractivity contribution in [2.45, 2.75) is 18.4 Å². The number of aryl methyl sites for hydroxylation is 1. The summed E-state index contributed by atoms with van der Waals surface area (Å²) in [6, 6.07) is 6.08. The van der Waals surface area contributed by atoms with Crippen molar-refractivity contribution in [3.8, 4) is 11.8 Å². The minimum Gasteiger partial charge on any atom is -0.357 e. The van der Waals surface area contributed by atoms with Crippen LogP contribution in [-0.4, -0.2) is 50.4 Å². The van der Waals surface area contributed by atoms with Gasteiger partial charge in [-0.1, -0.05) is 12.0 Å². The molecule has 8 heteroatoms. The van der Waals surface area contributed by atoms with Crippen LogP contribution in [-0.2, 0) is 11.8 Å². The first-order valence-electron chi connectivity index (χ1n) is 9.40. The van der Waals surface area contributed by atoms with Gasteiger partial charge in [0.2, 0.25) is 5.91 Å². The fourth-order valence-corrected chi connectivity index (χ4v) is 4.04. The largest absolute Gasteiger partial charge is 0.357 e. The van der Waals surface area contributed by atoms with Gasteiger partial charge in [-0.3, -0.25) is 19.2 Å². The van der Waals surface area contributed by atoms with E-state index >= 15 is 0 Å². The van der Waals surface area contributed by atoms with E-state index in [0.717, 1.165) is 48.7 Å². The van der Waals surface area contributed by atoms with Crippen molar-refractivity contribution in [1.29, 1.82) is 0 Å². The fourth-order valence-electron chi connectivity index (χ4n) is 4.04. The highest BCUT2D eigenvalue weighted by Gasteiger charge is 2.44. The molecule has 0 aromatic carbocycles. The number of fused-ring (bicyclic) bond motifs is 1. The lowest BCUT2D eigenvalue weighted by Crippen LogP contribution is -2.54. The summed E-state index contributed by atoms with van der Waals surface area (Å²) >= 11 is 0. The summed E-state index contributed by atoms with van der Waals surface area (Å²) in [5.41, 5.74) is 2.16. The normalized spacial score (nSPS) is 18.3. The first-order chi connectivity index (χ1) is 13.6. The maximum atomic E-state index is 12.2. The molecular weight excluding hydrogens is 354 g/mol. The van der Waals surface area contributed by atoms with Crippen LogP contribution in [0.3, 0.4) is 0 Å². The number of nitrogens with zero attached hydrogens (tertiary/aromatic N) is 5. The number of hydrogen-bond acceptors (Lipinski definition) is 5. The Hall–Kier alpha value is -3.31. The lowest BCUT2D eigenvalue weighted by molar-refractivity contribution is -0.124. The molecule has 3 aromatic heterocycles. The lowest BCUT2D eigenvalue weighted by Gasteiger charge is -2.38. The quantitative estimate of drug-likeness (QED) is 0.605. The molecule has 28 heavy (non-hydrogen) atoms. The molecule has 2 aliphatic heterocycles. The summed E-state index contributed by atoms with van der Waals surface area (Å²) in [4.78, 5) is 19.0. The van der Waals surface area contributed by atoms with Gasteiger partial charge < -0.3 is 10.2 Å². The molecule has 5 heterocycles. The van der Waals surface area contributed by atoms with Crippen molar-refractivity contribution in [3.05, 3.63) is 48.0 Å². The molecule has 2 N–H and O–H groups in total. The summed E-state index contributed by atoms with van der Waals surface area (Å²) < 4.78 is 3.82. The van der Waals surface area contributed by atoms with Crippen LogP contribution in [0.5, 0.6) is 0 Å². The zero-order valence-corrected chi connectivity index (χ0v) is 15.6. The third kappa shape index (κ3) is 2.72. The van der Waals surface area contributed by atoms with Crippen LogP contribution >= 0.6 is 0 Å². The molecule has 8 nitrogen and oxygen atoms in total. The van der Waals surface area contributed by atoms with E-state index in [0.29, 0.717) is 6.67 Å². The zero-order valence-electron chi connectivity index (χ0n) is 15.6. The van der Waals surface area contributed by atoms with Crippen molar-refractivity contribution in [2.24, 2.45) is 7.05 Å². The predicted molar refractivity (Wildman–Crippen MR) is 105 cm³/mol. The monoisotopic (exact) mass is 375 g/mol. The van der Waals surface area contributed by atoms with Crippen molar-refractivity contribution in [2.75, 3.05) is 24.7 Å². The first-order valence-corrected chi connectivity index (χ1v) is 9.40. The number of imidazole rings is 1. The average Bonchev–Trinajstić information content (AvgIpc) is 3.41. The van der Waals surface area contributed by atoms with Gasteiger partial charge in [-0.15, -0.1) is 0 Å². The highest BCUT2D eigenvalue weighted by molar-refractivity contribution is 5.88. The van der Waals surface area contributed by atoms with Gasteiger partial charge >= 0.3 is 0 Å². The molecular formula is C20H21N7O. The number of rotatable bonds is 1. The van der Waals surface area contributed by atoms with Crippen LogP contribution in [0, 0.1) is 11.8 Å². The minimum absolute atomic E-state index is 0.121. The number of carbonyl (C=O) groups excluding carboxylic acids is 1. The second kappa shape index (κ2) is 6.39. The number of carbonyl (C=O) groups is 1. The van der Waals surface area contributed by atoms with E-state index in [-0.39, 0.29) is 5.91 Å². The van der Waals surface area contributed by atoms with Crippen LogP contribution < -0.4 is 15.5 Å². The van der Waals surface area contributed by atoms with Crippen LogP contribution in [0.15, 0.2) is 36.8 Å². The Morgan fingerprint density at radius 3 is 2.75 bits per heavy atom. The Morgan fingerprint density at radius 2 is 2.04 bits per heavy atom. The second-order valence-corrected chi connectivity index (χ2v) is 7.30. The molecule has 0 saturated carbocycles. The molecule has 0 bridgehead atoms. The van der Waals surface area contributed by atoms with E-state index in [9.17, 15) is 4.79 Å². The molecule has 1 spiro atoms. The van der Waals surface area contributed by atoms with E-state index in [1.54, 1.807) is 17.1 Å². The van der Waals surface area contributed by atoms with Gasteiger partial charge in [0.1, 0.15) is 22.7 Å². The summed E-state index contributed by atoms with van der Waals surface area (Å²) in [5, 5.41) is 10.4. The van der Waals surface area contributed by atoms with Crippen LogP contribution in [0.25, 0.3) is 5.65 Å². The molecule has 2 aliphatic rings. The number of amides is 1. The number of pyridine rings is 1. The van der Waals surface area contributed by atoms with Gasteiger partial charge in [0.25, 0.3) is 0 Å². The molecule has 0 unspecified atom stereocenters. The molecule has 3 aromatic rings. The number of nitrogens with one attached hydrogen (secondary N) is 2. The summed E-state index contributed by atoms with van der Waals surface area (Å²) in [5.74, 6) is 7.56. The standard InChI is InChI=1S/C20H21N7O/c1-25-13-15(11-24-25)5-6-16-12-21-17-3-2-4-18(27(16)17)26-9-7-20(8-10-26)19(28)22-14-23-20/h2-4,11-13,23H,7-10,14H2,1H3,(H,22,28). The Kier molecular flexibility index (Phi) is 3.84. The number of aromatic nitrogens is 4. The third-order valence-corrected chi connectivity index (χ3v) is 5.60. The maximum Gasteiger partial charge on any atom is 0.241 e. The molecule has 0 aliphatic carbocycles. The van der Waals surface area contributed by atoms with Crippen LogP contribution in [0.1, 0.15) is 24.1 Å². The van der Waals surface area contributed by atoms with Crippen LogP contribution in [0.2, 0.25) is 0 Å². The average molecular weight is 375 g/mol. The molecule has 1 amide bonds. The molecule has 2 fully saturated rings. The van der Waals surface area contributed by atoms with Crippen molar-refractivity contribution < 1.29 is 4.79 Å². The third-order valence-electron chi connectivity index (χ3n) is 5.60. The Morgan fingerprint density at radius 1 is 1.18 bits per heavy atom. The molecule has 2 saturated heterocycles. The van der Waals surface area contributed by atoms with Gasteiger partial charge in [-0.2, -0.15) is 5.10 Å². The topological polar surface area (TPSA) is 79.5 Å². The van der Waals surface area contributed by atoms with E-state index in [2.05, 4.69) is 47.9 Å². The van der Waals surface area contributed by atoms with Crippen molar-refractivity contribution in [3.63, 3.8) is 0 Å². The van der Waals surface area contributed by atoms with Crippen molar-refractivity contribution in [1.82, 2.24) is 29.8 Å². The minimum atomic E-state index is -0.414. The zero-order chi connectivity index (χ0) is 19.1. The Labute approximate surface area is 162 Å². The summed E-state index contributed by atoms with van der Waals surface area (Å²) in [6.45, 7) is 2.16. The Bertz CT molecular complexity index is 1110. The lowest BCUT2D eigenvalue weighted by atomic mass is 9.88. The number of piperidine rings is 1. The van der Waals surface area contributed by atoms with E-state index < -0.39 is 5.54 Å². The number of anilines is 1. The summed E-state index contributed by atoms with van der Waals surface area (Å²) in [7, 11) is 1.88. The van der Waals surface area contributed by atoms with Crippen molar-refractivity contribution >= 4 is 17.4 Å². The Balaban J connectivity index is 1.46. The van der Waals surface area contributed by atoms with Crippen LogP contribution in [0.4, 0.5) is 5.82 Å². The van der Waals surface area contributed by atoms with Gasteiger partial charge in [-0.25, -0.2) is 4.98 Å². The first kappa shape index (κ1) is 16.8. The predicted octanol–water partition coefficient (Wildman–Crippen LogP) is 0.484. The SMILES string of the molecule is Cn1cc(C#Cc2cnc3cccc(N4CCC5(CC4)NCNC5=O)n23)cn1. The highest BCUT2D eigenvalue weighted by atomic mass is 16.2. The molecule has 5 rings (SSSR count). The second-order valence-electron chi connectivity index (χ2n) is 7.30. The summed E-state index contributed by atoms with van der Waals surface area (Å²) in [6.07, 6.45) is 7.00. The van der Waals surface area contributed by atoms with Gasteiger partial charge in [-0.05, 0) is 30.9 Å². The van der Waals surface area contributed by atoms with E-state index in [4.69, 9.17) is 0 Å². The fraction of sp³-hybridized carbons (Fsp3) is 0.350.